The van der Waals surface area contributed by atoms with Gasteiger partial charge in [0.1, 0.15) is 11.5 Å². The van der Waals surface area contributed by atoms with E-state index in [2.05, 4.69) is 26.5 Å². The van der Waals surface area contributed by atoms with Crippen molar-refractivity contribution in [2.45, 2.75) is 38.1 Å². The third-order valence-electron chi connectivity index (χ3n) is 7.84. The predicted molar refractivity (Wildman–Crippen MR) is 159 cm³/mol. The number of benzene rings is 3. The average molecular weight is 543 g/mol. The van der Waals surface area contributed by atoms with Crippen molar-refractivity contribution in [3.63, 3.8) is 0 Å². The summed E-state index contributed by atoms with van der Waals surface area (Å²) in [6.45, 7) is 3.12. The summed E-state index contributed by atoms with van der Waals surface area (Å²) < 4.78 is 10.9. The highest BCUT2D eigenvalue weighted by atomic mass is 16.5. The summed E-state index contributed by atoms with van der Waals surface area (Å²) >= 11 is 0. The quantitative estimate of drug-likeness (QED) is 0.400. The summed E-state index contributed by atoms with van der Waals surface area (Å²) in [5.74, 6) is 0.982. The largest absolute Gasteiger partial charge is 0.496 e. The Balaban J connectivity index is 1.37. The summed E-state index contributed by atoms with van der Waals surface area (Å²) in [7, 11) is 3.24. The fourth-order valence-corrected chi connectivity index (χ4v) is 5.69. The van der Waals surface area contributed by atoms with Crippen LogP contribution < -0.4 is 29.9 Å². The summed E-state index contributed by atoms with van der Waals surface area (Å²) in [5, 5.41) is 6.23. The Morgan fingerprint density at radius 3 is 2.02 bits per heavy atom. The molecule has 8 heteroatoms. The molecule has 2 aliphatic rings. The van der Waals surface area contributed by atoms with Crippen molar-refractivity contribution in [2.24, 2.45) is 0 Å². The van der Waals surface area contributed by atoms with Gasteiger partial charge in [-0.1, -0.05) is 43.5 Å². The van der Waals surface area contributed by atoms with E-state index in [1.165, 1.54) is 6.42 Å². The lowest BCUT2D eigenvalue weighted by molar-refractivity contribution is 0.0927. The van der Waals surface area contributed by atoms with Crippen LogP contribution in [0.5, 0.6) is 11.5 Å². The zero-order chi connectivity index (χ0) is 27.9. The van der Waals surface area contributed by atoms with E-state index in [4.69, 9.17) is 9.47 Å². The van der Waals surface area contributed by atoms with E-state index in [9.17, 15) is 9.59 Å². The molecule has 0 atom stereocenters. The van der Waals surface area contributed by atoms with Gasteiger partial charge in [0, 0.05) is 43.6 Å². The number of hydrogen-bond acceptors (Lipinski definition) is 6. The molecule has 0 spiro atoms. The van der Waals surface area contributed by atoms with Crippen molar-refractivity contribution in [1.82, 2.24) is 5.32 Å². The smallest absolute Gasteiger partial charge is 0.259 e. The minimum absolute atomic E-state index is 0.0950. The minimum atomic E-state index is -0.283. The molecule has 0 radical (unpaired) electrons. The zero-order valence-electron chi connectivity index (χ0n) is 23.3. The lowest BCUT2D eigenvalue weighted by Crippen LogP contribution is -2.47. The Hall–Kier alpha value is -4.20. The van der Waals surface area contributed by atoms with Gasteiger partial charge in [-0.3, -0.25) is 9.59 Å². The molecule has 0 unspecified atom stereocenters. The molecule has 1 heterocycles. The van der Waals surface area contributed by atoms with Crippen LogP contribution in [0.15, 0.2) is 66.7 Å². The number of anilines is 3. The average Bonchev–Trinajstić information content (AvgIpc) is 3.01. The van der Waals surface area contributed by atoms with Crippen LogP contribution in [-0.4, -0.2) is 58.3 Å². The van der Waals surface area contributed by atoms with Crippen LogP contribution in [0, 0.1) is 0 Å². The van der Waals surface area contributed by atoms with Crippen molar-refractivity contribution in [3.05, 3.63) is 77.9 Å². The van der Waals surface area contributed by atoms with Crippen molar-refractivity contribution in [2.75, 3.05) is 55.5 Å². The molecule has 210 valence electrons. The molecule has 2 N–H and O–H groups in total. The van der Waals surface area contributed by atoms with Crippen LogP contribution in [-0.2, 0) is 0 Å². The molecule has 3 aromatic carbocycles. The number of methoxy groups -OCH3 is 2. The molecule has 2 amide bonds. The molecule has 3 aromatic rings. The maximum Gasteiger partial charge on any atom is 0.259 e. The number of piperazine rings is 1. The number of para-hydroxylation sites is 3. The highest BCUT2D eigenvalue weighted by molar-refractivity contribution is 6.07. The molecule has 5 rings (SSSR count). The van der Waals surface area contributed by atoms with E-state index < -0.39 is 0 Å². The van der Waals surface area contributed by atoms with Crippen molar-refractivity contribution >= 4 is 28.9 Å². The van der Waals surface area contributed by atoms with Gasteiger partial charge in [0.15, 0.2) is 0 Å². The van der Waals surface area contributed by atoms with Crippen molar-refractivity contribution in [3.8, 4) is 11.5 Å². The zero-order valence-corrected chi connectivity index (χ0v) is 23.3. The monoisotopic (exact) mass is 542 g/mol. The fraction of sp³-hybridized carbons (Fsp3) is 0.375. The Bertz CT molecular complexity index is 1330. The van der Waals surface area contributed by atoms with Gasteiger partial charge in [0.05, 0.1) is 31.0 Å². The molecular formula is C32H38N4O4. The van der Waals surface area contributed by atoms with Gasteiger partial charge in [-0.15, -0.1) is 0 Å². The van der Waals surface area contributed by atoms with Gasteiger partial charge < -0.3 is 29.9 Å². The number of carbonyl (C=O) groups is 2. The number of nitrogens with zero attached hydrogens (tertiary/aromatic N) is 2. The summed E-state index contributed by atoms with van der Waals surface area (Å²) in [6, 6.07) is 21.0. The highest BCUT2D eigenvalue weighted by Gasteiger charge is 2.25. The highest BCUT2D eigenvalue weighted by Crippen LogP contribution is 2.31. The molecule has 2 fully saturated rings. The molecule has 1 saturated carbocycles. The molecular weight excluding hydrogens is 504 g/mol. The van der Waals surface area contributed by atoms with Gasteiger partial charge in [0.2, 0.25) is 0 Å². The maximum absolute atomic E-state index is 13.7. The van der Waals surface area contributed by atoms with E-state index in [0.29, 0.717) is 22.6 Å². The minimum Gasteiger partial charge on any atom is -0.496 e. The van der Waals surface area contributed by atoms with Crippen LogP contribution in [0.3, 0.4) is 0 Å². The van der Waals surface area contributed by atoms with Crippen molar-refractivity contribution < 1.29 is 19.1 Å². The van der Waals surface area contributed by atoms with Crippen LogP contribution in [0.1, 0.15) is 52.8 Å². The Labute approximate surface area is 236 Å². The summed E-state index contributed by atoms with van der Waals surface area (Å²) in [5.41, 5.74) is 3.54. The van der Waals surface area contributed by atoms with E-state index >= 15 is 0 Å². The second-order valence-corrected chi connectivity index (χ2v) is 10.3. The molecule has 1 saturated heterocycles. The first-order chi connectivity index (χ1) is 19.6. The Morgan fingerprint density at radius 2 is 1.32 bits per heavy atom. The number of rotatable bonds is 8. The molecule has 0 aromatic heterocycles. The molecule has 0 bridgehead atoms. The maximum atomic E-state index is 13.7. The Kier molecular flexibility index (Phi) is 8.74. The number of hydrogen-bond donors (Lipinski definition) is 2. The number of nitrogens with one attached hydrogen (secondary N) is 2. The standard InChI is InChI=1S/C32H38N4O4/c1-39-29-14-8-6-12-25(29)31(37)34-24-16-17-27(26(22-24)32(38)33-23-10-4-3-5-11-23)35-18-20-36(21-19-35)28-13-7-9-15-30(28)40-2/h6-9,12-17,22-23H,3-5,10-11,18-21H2,1-2H3,(H,33,38)(H,34,37). The lowest BCUT2D eigenvalue weighted by Gasteiger charge is -2.38. The third kappa shape index (κ3) is 6.17. The summed E-state index contributed by atoms with van der Waals surface area (Å²) in [4.78, 5) is 31.3. The second-order valence-electron chi connectivity index (χ2n) is 10.3. The molecule has 1 aliphatic carbocycles. The number of carbonyl (C=O) groups excluding carboxylic acids is 2. The van der Waals surface area contributed by atoms with E-state index in [1.54, 1.807) is 38.5 Å². The van der Waals surface area contributed by atoms with Gasteiger partial charge >= 0.3 is 0 Å². The molecule has 8 nitrogen and oxygen atoms in total. The molecule has 40 heavy (non-hydrogen) atoms. The van der Waals surface area contributed by atoms with Gasteiger partial charge in [-0.2, -0.15) is 0 Å². The first-order valence-corrected chi connectivity index (χ1v) is 14.1. The van der Waals surface area contributed by atoms with E-state index in [1.807, 2.05) is 36.4 Å². The lowest BCUT2D eigenvalue weighted by atomic mass is 9.95. The van der Waals surface area contributed by atoms with Crippen LogP contribution >= 0.6 is 0 Å². The van der Waals surface area contributed by atoms with E-state index in [-0.39, 0.29) is 17.9 Å². The third-order valence-corrected chi connectivity index (χ3v) is 7.84. The van der Waals surface area contributed by atoms with E-state index in [0.717, 1.165) is 69.0 Å². The molecule has 1 aliphatic heterocycles. The normalized spacial score (nSPS) is 15.8. The van der Waals surface area contributed by atoms with Crippen LogP contribution in [0.25, 0.3) is 0 Å². The first kappa shape index (κ1) is 27.4. The SMILES string of the molecule is COc1ccccc1C(=O)Nc1ccc(N2CCN(c3ccccc3OC)CC2)c(C(=O)NC2CCCCC2)c1. The van der Waals surface area contributed by atoms with Crippen LogP contribution in [0.4, 0.5) is 17.1 Å². The van der Waals surface area contributed by atoms with Gasteiger partial charge in [0.25, 0.3) is 11.8 Å². The fourth-order valence-electron chi connectivity index (χ4n) is 5.69. The Morgan fingerprint density at radius 1 is 0.700 bits per heavy atom. The van der Waals surface area contributed by atoms with Gasteiger partial charge in [-0.25, -0.2) is 0 Å². The topological polar surface area (TPSA) is 83.1 Å². The van der Waals surface area contributed by atoms with Crippen LogP contribution in [0.2, 0.25) is 0 Å². The first-order valence-electron chi connectivity index (χ1n) is 14.1. The summed E-state index contributed by atoms with van der Waals surface area (Å²) in [6.07, 6.45) is 5.50. The number of amides is 2. The van der Waals surface area contributed by atoms with Gasteiger partial charge in [-0.05, 0) is 55.3 Å². The predicted octanol–water partition coefficient (Wildman–Crippen LogP) is 5.35. The van der Waals surface area contributed by atoms with Crippen molar-refractivity contribution in [1.29, 1.82) is 0 Å². The second kappa shape index (κ2) is 12.8. The number of ether oxygens (including phenoxy) is 2.